The van der Waals surface area contributed by atoms with Crippen LogP contribution in [0.25, 0.3) is 0 Å². The maximum Gasteiger partial charge on any atom is 0.147 e. The molecular weight excluding hydrogens is 224 g/mol. The van der Waals surface area contributed by atoms with Crippen LogP contribution in [0.15, 0.2) is 12.4 Å². The van der Waals surface area contributed by atoms with Crippen molar-refractivity contribution in [2.45, 2.75) is 45.1 Å². The summed E-state index contributed by atoms with van der Waals surface area (Å²) >= 11 is 0. The minimum Gasteiger partial charge on any atom is -0.355 e. The molecule has 2 N–H and O–H groups in total. The Morgan fingerprint density at radius 3 is 2.50 bits per heavy atom. The first-order valence-electron chi connectivity index (χ1n) is 7.07. The van der Waals surface area contributed by atoms with Gasteiger partial charge >= 0.3 is 0 Å². The van der Waals surface area contributed by atoms with Crippen molar-refractivity contribution in [2.75, 3.05) is 18.0 Å². The van der Waals surface area contributed by atoms with E-state index in [1.165, 1.54) is 38.5 Å². The molecule has 4 heteroatoms. The van der Waals surface area contributed by atoms with E-state index >= 15 is 0 Å². The lowest BCUT2D eigenvalue weighted by molar-refractivity contribution is 0.226. The molecule has 2 aliphatic rings. The molecule has 4 nitrogen and oxygen atoms in total. The molecule has 18 heavy (non-hydrogen) atoms. The molecule has 1 spiro atoms. The molecule has 98 valence electrons. The lowest BCUT2D eigenvalue weighted by Crippen LogP contribution is -2.39. The second-order valence-corrected chi connectivity index (χ2v) is 5.77. The van der Waals surface area contributed by atoms with Gasteiger partial charge in [-0.3, -0.25) is 4.98 Å². The topological polar surface area (TPSA) is 55.0 Å². The molecule has 1 aliphatic heterocycles. The summed E-state index contributed by atoms with van der Waals surface area (Å²) in [6, 6.07) is 0. The van der Waals surface area contributed by atoms with Crippen LogP contribution in [0.5, 0.6) is 0 Å². The first-order valence-corrected chi connectivity index (χ1v) is 7.07. The van der Waals surface area contributed by atoms with E-state index in [0.29, 0.717) is 12.0 Å². The molecule has 2 heterocycles. The third-order valence-electron chi connectivity index (χ3n) is 4.69. The molecule has 0 unspecified atom stereocenters. The highest BCUT2D eigenvalue weighted by atomic mass is 15.2. The van der Waals surface area contributed by atoms with Crippen LogP contribution in [0.1, 0.15) is 44.2 Å². The molecule has 0 aromatic carbocycles. The van der Waals surface area contributed by atoms with Gasteiger partial charge in [-0.05, 0) is 31.1 Å². The number of hydrogen-bond donors (Lipinski definition) is 1. The summed E-state index contributed by atoms with van der Waals surface area (Å²) in [4.78, 5) is 11.2. The summed E-state index contributed by atoms with van der Waals surface area (Å²) in [5.41, 5.74) is 7.17. The average Bonchev–Trinajstić information content (AvgIpc) is 2.88. The summed E-state index contributed by atoms with van der Waals surface area (Å²) in [7, 11) is 0. The average molecular weight is 246 g/mol. The van der Waals surface area contributed by atoms with Gasteiger partial charge in [0.1, 0.15) is 5.82 Å². The maximum atomic E-state index is 5.62. The van der Waals surface area contributed by atoms with E-state index in [4.69, 9.17) is 5.73 Å². The van der Waals surface area contributed by atoms with E-state index < -0.39 is 0 Å². The van der Waals surface area contributed by atoms with Gasteiger partial charge in [-0.1, -0.05) is 12.8 Å². The zero-order valence-electron chi connectivity index (χ0n) is 10.9. The number of piperidine rings is 1. The zero-order chi connectivity index (χ0) is 12.4. The lowest BCUT2D eigenvalue weighted by atomic mass is 9.77. The van der Waals surface area contributed by atoms with Gasteiger partial charge in [0.15, 0.2) is 0 Å². The highest BCUT2D eigenvalue weighted by Crippen LogP contribution is 2.46. The van der Waals surface area contributed by atoms with Crippen LogP contribution < -0.4 is 10.6 Å². The Labute approximate surface area is 109 Å². The predicted octanol–water partition coefficient (Wildman–Crippen LogP) is 2.10. The predicted molar refractivity (Wildman–Crippen MR) is 72.3 cm³/mol. The standard InChI is InChI=1S/C14H22N4/c15-9-12-10-16-11-13(17-12)18-7-5-14(6-8-18)3-1-2-4-14/h10-11H,1-9,15H2. The molecule has 0 radical (unpaired) electrons. The summed E-state index contributed by atoms with van der Waals surface area (Å²) in [6.07, 6.45) is 12.0. The van der Waals surface area contributed by atoms with Crippen molar-refractivity contribution in [1.29, 1.82) is 0 Å². The van der Waals surface area contributed by atoms with E-state index in [-0.39, 0.29) is 0 Å². The van der Waals surface area contributed by atoms with Gasteiger partial charge in [-0.15, -0.1) is 0 Å². The molecule has 1 saturated heterocycles. The summed E-state index contributed by atoms with van der Waals surface area (Å²) in [6.45, 7) is 2.73. The van der Waals surface area contributed by atoms with Gasteiger partial charge in [-0.2, -0.15) is 0 Å². The molecular formula is C14H22N4. The number of nitrogens with zero attached hydrogens (tertiary/aromatic N) is 3. The molecule has 1 aromatic rings. The van der Waals surface area contributed by atoms with Gasteiger partial charge < -0.3 is 10.6 Å². The number of hydrogen-bond acceptors (Lipinski definition) is 4. The Hall–Kier alpha value is -1.16. The van der Waals surface area contributed by atoms with E-state index in [0.717, 1.165) is 24.6 Å². The number of nitrogens with two attached hydrogens (primary N) is 1. The first kappa shape index (κ1) is 11.9. The van der Waals surface area contributed by atoms with Crippen LogP contribution >= 0.6 is 0 Å². The van der Waals surface area contributed by atoms with Crippen LogP contribution in [-0.4, -0.2) is 23.1 Å². The Bertz CT molecular complexity index is 402. The molecule has 1 aliphatic carbocycles. The summed E-state index contributed by atoms with van der Waals surface area (Å²) in [5.74, 6) is 1.01. The SMILES string of the molecule is NCc1cncc(N2CCC3(CCCC3)CC2)n1. The van der Waals surface area contributed by atoms with Crippen molar-refractivity contribution in [3.8, 4) is 0 Å². The fourth-order valence-corrected chi connectivity index (χ4v) is 3.48. The normalized spacial score (nSPS) is 22.6. The van der Waals surface area contributed by atoms with Gasteiger partial charge in [0.25, 0.3) is 0 Å². The van der Waals surface area contributed by atoms with Crippen LogP contribution in [0.2, 0.25) is 0 Å². The van der Waals surface area contributed by atoms with Crippen molar-refractivity contribution >= 4 is 5.82 Å². The van der Waals surface area contributed by atoms with Crippen molar-refractivity contribution < 1.29 is 0 Å². The number of anilines is 1. The first-order chi connectivity index (χ1) is 8.81. The fourth-order valence-electron chi connectivity index (χ4n) is 3.48. The van der Waals surface area contributed by atoms with Gasteiger partial charge in [-0.25, -0.2) is 4.98 Å². The molecule has 2 fully saturated rings. The monoisotopic (exact) mass is 246 g/mol. The van der Waals surface area contributed by atoms with Crippen molar-refractivity contribution in [1.82, 2.24) is 9.97 Å². The third-order valence-corrected chi connectivity index (χ3v) is 4.69. The van der Waals surface area contributed by atoms with Crippen LogP contribution in [0.3, 0.4) is 0 Å². The summed E-state index contributed by atoms with van der Waals surface area (Å²) < 4.78 is 0. The smallest absolute Gasteiger partial charge is 0.147 e. The highest BCUT2D eigenvalue weighted by molar-refractivity contribution is 5.37. The van der Waals surface area contributed by atoms with E-state index in [1.54, 1.807) is 6.20 Å². The Morgan fingerprint density at radius 1 is 1.11 bits per heavy atom. The maximum absolute atomic E-state index is 5.62. The van der Waals surface area contributed by atoms with Crippen LogP contribution in [0, 0.1) is 5.41 Å². The Morgan fingerprint density at radius 2 is 1.83 bits per heavy atom. The lowest BCUT2D eigenvalue weighted by Gasteiger charge is -2.39. The Balaban J connectivity index is 1.68. The fraction of sp³-hybridized carbons (Fsp3) is 0.714. The molecule has 3 rings (SSSR count). The van der Waals surface area contributed by atoms with Crippen molar-refractivity contribution in [3.05, 3.63) is 18.1 Å². The minimum atomic E-state index is 0.471. The van der Waals surface area contributed by atoms with Gasteiger partial charge in [0.2, 0.25) is 0 Å². The molecule has 0 atom stereocenters. The summed E-state index contributed by atoms with van der Waals surface area (Å²) in [5, 5.41) is 0. The molecule has 1 aromatic heterocycles. The zero-order valence-corrected chi connectivity index (χ0v) is 10.9. The quantitative estimate of drug-likeness (QED) is 0.868. The second kappa shape index (κ2) is 4.84. The molecule has 0 bridgehead atoms. The van der Waals surface area contributed by atoms with Crippen LogP contribution in [-0.2, 0) is 6.54 Å². The van der Waals surface area contributed by atoms with E-state index in [1.807, 2.05) is 6.20 Å². The van der Waals surface area contributed by atoms with E-state index in [2.05, 4.69) is 14.9 Å². The van der Waals surface area contributed by atoms with E-state index in [9.17, 15) is 0 Å². The number of aromatic nitrogens is 2. The largest absolute Gasteiger partial charge is 0.355 e. The second-order valence-electron chi connectivity index (χ2n) is 5.77. The minimum absolute atomic E-state index is 0.471. The van der Waals surface area contributed by atoms with Gasteiger partial charge in [0.05, 0.1) is 11.9 Å². The van der Waals surface area contributed by atoms with Gasteiger partial charge in [0, 0.05) is 25.8 Å². The van der Waals surface area contributed by atoms with Crippen LogP contribution in [0.4, 0.5) is 5.82 Å². The highest BCUT2D eigenvalue weighted by Gasteiger charge is 2.37. The number of rotatable bonds is 2. The Kier molecular flexibility index (Phi) is 3.20. The van der Waals surface area contributed by atoms with Crippen molar-refractivity contribution in [2.24, 2.45) is 11.1 Å². The molecule has 0 amide bonds. The molecule has 1 saturated carbocycles. The van der Waals surface area contributed by atoms with Crippen molar-refractivity contribution in [3.63, 3.8) is 0 Å². The third kappa shape index (κ3) is 2.21.